The van der Waals surface area contributed by atoms with Crippen LogP contribution in [-0.4, -0.2) is 55.7 Å². The third-order valence-corrected chi connectivity index (χ3v) is 2.69. The third-order valence-electron chi connectivity index (χ3n) is 2.69. The van der Waals surface area contributed by atoms with Gasteiger partial charge in [-0.2, -0.15) is 0 Å². The first-order valence-corrected chi connectivity index (χ1v) is 7.94. The van der Waals surface area contributed by atoms with Gasteiger partial charge in [-0.15, -0.1) is 0 Å². The van der Waals surface area contributed by atoms with Crippen molar-refractivity contribution in [3.63, 3.8) is 0 Å². The van der Waals surface area contributed by atoms with E-state index in [-0.39, 0.29) is 37.7 Å². The summed E-state index contributed by atoms with van der Waals surface area (Å²) in [6.45, 7) is 9.84. The first-order valence-electron chi connectivity index (χ1n) is 7.94. The topological polar surface area (TPSA) is 94.1 Å². The highest BCUT2D eigenvalue weighted by atomic mass is 16.7. The average Bonchev–Trinajstić information content (AvgIpc) is 2.42. The molecule has 2 N–H and O–H groups in total. The number of ether oxygens (including phenoxy) is 3. The molecule has 23 heavy (non-hydrogen) atoms. The van der Waals surface area contributed by atoms with Crippen LogP contribution in [0.3, 0.4) is 0 Å². The van der Waals surface area contributed by atoms with E-state index < -0.39 is 18.5 Å². The minimum absolute atomic E-state index is 0.0111. The van der Waals surface area contributed by atoms with E-state index in [0.29, 0.717) is 12.7 Å². The van der Waals surface area contributed by atoms with Gasteiger partial charge in [-0.25, -0.2) is 4.79 Å². The number of aldehydes is 1. The zero-order valence-corrected chi connectivity index (χ0v) is 14.8. The monoisotopic (exact) mass is 333 g/mol. The van der Waals surface area contributed by atoms with Crippen molar-refractivity contribution in [3.05, 3.63) is 0 Å². The molecule has 7 nitrogen and oxygen atoms in total. The molecular weight excluding hydrogens is 302 g/mol. The van der Waals surface area contributed by atoms with Crippen LogP contribution < -0.4 is 5.32 Å². The molecule has 0 aliphatic rings. The number of rotatable bonds is 11. The van der Waals surface area contributed by atoms with Crippen molar-refractivity contribution in [3.8, 4) is 0 Å². The van der Waals surface area contributed by atoms with Gasteiger partial charge in [-0.3, -0.25) is 0 Å². The fourth-order valence-corrected chi connectivity index (χ4v) is 1.90. The van der Waals surface area contributed by atoms with Gasteiger partial charge in [0, 0.05) is 13.0 Å². The number of alkyl carbamates (subject to hydrolysis) is 1. The van der Waals surface area contributed by atoms with Gasteiger partial charge in [0.05, 0.1) is 18.8 Å². The van der Waals surface area contributed by atoms with E-state index >= 15 is 0 Å². The molecule has 136 valence electrons. The van der Waals surface area contributed by atoms with E-state index in [4.69, 9.17) is 14.2 Å². The summed E-state index contributed by atoms with van der Waals surface area (Å²) in [5.74, 6) is 0. The summed E-state index contributed by atoms with van der Waals surface area (Å²) in [5, 5.41) is 11.9. The Hall–Kier alpha value is -1.18. The molecule has 0 radical (unpaired) electrons. The van der Waals surface area contributed by atoms with E-state index in [1.165, 1.54) is 0 Å². The zero-order chi connectivity index (χ0) is 17.9. The van der Waals surface area contributed by atoms with Crippen molar-refractivity contribution in [2.75, 3.05) is 19.8 Å². The van der Waals surface area contributed by atoms with Crippen LogP contribution in [0.15, 0.2) is 0 Å². The Bertz CT molecular complexity index is 340. The fourth-order valence-electron chi connectivity index (χ4n) is 1.90. The molecule has 2 unspecified atom stereocenters. The number of nitrogens with one attached hydrogen (secondary N) is 1. The summed E-state index contributed by atoms with van der Waals surface area (Å²) in [6.07, 6.45) is -0.318. The lowest BCUT2D eigenvalue weighted by atomic mass is 9.89. The summed E-state index contributed by atoms with van der Waals surface area (Å²) in [4.78, 5) is 21.7. The Balaban J connectivity index is 4.44. The minimum atomic E-state index is -0.758. The molecule has 0 aromatic rings. The van der Waals surface area contributed by atoms with Crippen LogP contribution >= 0.6 is 0 Å². The normalized spacial score (nSPS) is 14.4. The Kier molecular flexibility index (Phi) is 10.8. The quantitative estimate of drug-likeness (QED) is 0.340. The first-order chi connectivity index (χ1) is 10.7. The molecule has 0 heterocycles. The van der Waals surface area contributed by atoms with E-state index in [9.17, 15) is 14.7 Å². The maximum Gasteiger partial charge on any atom is 0.407 e. The molecule has 0 saturated carbocycles. The van der Waals surface area contributed by atoms with Gasteiger partial charge < -0.3 is 29.4 Å². The molecule has 0 fully saturated rings. The van der Waals surface area contributed by atoms with Gasteiger partial charge in [0.25, 0.3) is 0 Å². The minimum Gasteiger partial charge on any atom is -0.444 e. The second-order valence-corrected chi connectivity index (χ2v) is 6.80. The van der Waals surface area contributed by atoms with Crippen LogP contribution in [0.1, 0.15) is 47.5 Å². The number of aliphatic hydroxyl groups is 1. The van der Waals surface area contributed by atoms with Crippen molar-refractivity contribution < 1.29 is 28.9 Å². The first kappa shape index (κ1) is 21.8. The van der Waals surface area contributed by atoms with Gasteiger partial charge >= 0.3 is 6.09 Å². The van der Waals surface area contributed by atoms with E-state index in [1.54, 1.807) is 0 Å². The summed E-state index contributed by atoms with van der Waals surface area (Å²) in [5.41, 5.74) is -0.0111. The highest BCUT2D eigenvalue weighted by Gasteiger charge is 2.24. The molecule has 0 aromatic heterocycles. The Morgan fingerprint density at radius 1 is 1.26 bits per heavy atom. The summed E-state index contributed by atoms with van der Waals surface area (Å²) >= 11 is 0. The van der Waals surface area contributed by atoms with Crippen LogP contribution in [0.4, 0.5) is 4.79 Å². The fraction of sp³-hybridized carbons (Fsp3) is 0.875. The highest BCUT2D eigenvalue weighted by molar-refractivity contribution is 5.67. The lowest BCUT2D eigenvalue weighted by Gasteiger charge is -2.29. The van der Waals surface area contributed by atoms with Crippen molar-refractivity contribution in [2.45, 2.75) is 66.0 Å². The smallest absolute Gasteiger partial charge is 0.407 e. The number of hydrogen-bond donors (Lipinski definition) is 2. The van der Waals surface area contributed by atoms with E-state index in [1.807, 2.05) is 34.6 Å². The molecule has 2 atom stereocenters. The maximum atomic E-state index is 11.5. The molecule has 0 saturated heterocycles. The van der Waals surface area contributed by atoms with Gasteiger partial charge in [-0.1, -0.05) is 20.8 Å². The number of aliphatic hydroxyl groups excluding tert-OH is 1. The van der Waals surface area contributed by atoms with Gasteiger partial charge in [0.1, 0.15) is 12.9 Å². The predicted octanol–water partition coefficient (Wildman–Crippen LogP) is 1.87. The van der Waals surface area contributed by atoms with Crippen LogP contribution in [0, 0.1) is 5.41 Å². The lowest BCUT2D eigenvalue weighted by Crippen LogP contribution is -2.37. The van der Waals surface area contributed by atoms with Crippen LogP contribution in [0.25, 0.3) is 0 Å². The van der Waals surface area contributed by atoms with Gasteiger partial charge in [-0.05, 0) is 25.7 Å². The van der Waals surface area contributed by atoms with Crippen LogP contribution in [0.5, 0.6) is 0 Å². The highest BCUT2D eigenvalue weighted by Crippen LogP contribution is 2.23. The number of amides is 1. The zero-order valence-electron chi connectivity index (χ0n) is 14.8. The largest absolute Gasteiger partial charge is 0.444 e. The molecule has 0 aromatic carbocycles. The van der Waals surface area contributed by atoms with E-state index in [0.717, 1.165) is 0 Å². The average molecular weight is 333 g/mol. The lowest BCUT2D eigenvalue weighted by molar-refractivity contribution is -0.213. The SMILES string of the molecule is CC(C)OC(COC(=O)NCCC=O)OC(CO)CC(C)(C)C. The second kappa shape index (κ2) is 11.4. The van der Waals surface area contributed by atoms with Crippen LogP contribution in [-0.2, 0) is 19.0 Å². The summed E-state index contributed by atoms with van der Waals surface area (Å²) in [6, 6.07) is 0. The summed E-state index contributed by atoms with van der Waals surface area (Å²) < 4.78 is 16.3. The summed E-state index contributed by atoms with van der Waals surface area (Å²) in [7, 11) is 0. The van der Waals surface area contributed by atoms with Gasteiger partial charge in [0.2, 0.25) is 0 Å². The van der Waals surface area contributed by atoms with Crippen molar-refractivity contribution in [2.24, 2.45) is 5.41 Å². The number of carbonyl (C=O) groups is 2. The predicted molar refractivity (Wildman–Crippen MR) is 86.1 cm³/mol. The Morgan fingerprint density at radius 3 is 2.39 bits per heavy atom. The molecule has 0 bridgehead atoms. The Morgan fingerprint density at radius 2 is 1.91 bits per heavy atom. The molecule has 0 rings (SSSR count). The maximum absolute atomic E-state index is 11.5. The molecule has 7 heteroatoms. The number of carbonyl (C=O) groups excluding carboxylic acids is 2. The number of hydrogen-bond acceptors (Lipinski definition) is 6. The molecule has 0 aliphatic heterocycles. The van der Waals surface area contributed by atoms with Crippen LogP contribution in [0.2, 0.25) is 0 Å². The Labute approximate surface area is 138 Å². The van der Waals surface area contributed by atoms with Crippen molar-refractivity contribution >= 4 is 12.4 Å². The van der Waals surface area contributed by atoms with Gasteiger partial charge in [0.15, 0.2) is 6.29 Å². The second-order valence-electron chi connectivity index (χ2n) is 6.80. The van der Waals surface area contributed by atoms with E-state index in [2.05, 4.69) is 5.32 Å². The molecule has 0 aliphatic carbocycles. The van der Waals surface area contributed by atoms with Crippen molar-refractivity contribution in [1.82, 2.24) is 5.32 Å². The molecular formula is C16H31NO6. The third kappa shape index (κ3) is 13.0. The molecule has 0 spiro atoms. The molecule has 1 amide bonds. The van der Waals surface area contributed by atoms with Crippen molar-refractivity contribution in [1.29, 1.82) is 0 Å². The standard InChI is InChI=1S/C16H31NO6/c1-12(2)22-14(11-21-15(20)17-7-6-8-18)23-13(10-19)9-16(3,4)5/h8,12-14,19H,6-7,9-11H2,1-5H3,(H,17,20).